The molecule has 3 N–H and O–H groups in total. The second-order valence-corrected chi connectivity index (χ2v) is 3.49. The van der Waals surface area contributed by atoms with Crippen molar-refractivity contribution in [1.82, 2.24) is 15.2 Å². The van der Waals surface area contributed by atoms with Gasteiger partial charge >= 0.3 is 0 Å². The molecule has 0 aliphatic carbocycles. The van der Waals surface area contributed by atoms with Crippen molar-refractivity contribution in [2.45, 2.75) is 6.04 Å². The molecule has 0 saturated heterocycles. The smallest absolute Gasteiger partial charge is 0.145 e. The third-order valence-electron chi connectivity index (χ3n) is 2.46. The van der Waals surface area contributed by atoms with Gasteiger partial charge in [0.2, 0.25) is 0 Å². The van der Waals surface area contributed by atoms with Crippen LogP contribution in [-0.2, 0) is 0 Å². The summed E-state index contributed by atoms with van der Waals surface area (Å²) in [7, 11) is 3.19. The molecule has 0 radical (unpaired) electrons. The molecule has 6 heteroatoms. The molecular formula is C11H14N4O2. The number of nitrogens with one attached hydrogen (secondary N) is 1. The highest BCUT2D eigenvalue weighted by Crippen LogP contribution is 2.27. The monoisotopic (exact) mass is 234 g/mol. The van der Waals surface area contributed by atoms with Crippen molar-refractivity contribution >= 4 is 0 Å². The van der Waals surface area contributed by atoms with Gasteiger partial charge in [0.15, 0.2) is 0 Å². The summed E-state index contributed by atoms with van der Waals surface area (Å²) in [5.74, 6) is 1.98. The zero-order valence-corrected chi connectivity index (χ0v) is 9.68. The van der Waals surface area contributed by atoms with Crippen LogP contribution in [0.3, 0.4) is 0 Å². The summed E-state index contributed by atoms with van der Waals surface area (Å²) in [6, 6.07) is 5.09. The average molecular weight is 234 g/mol. The maximum Gasteiger partial charge on any atom is 0.145 e. The predicted molar refractivity (Wildman–Crippen MR) is 62.0 cm³/mol. The standard InChI is InChI=1S/C11H14N4O2/c1-16-8-3-7(4-9(5-8)17-2)10(12)11-13-6-14-15-11/h3-6,10H,12H2,1-2H3,(H,13,14,15). The lowest BCUT2D eigenvalue weighted by Gasteiger charge is -2.12. The molecule has 1 atom stereocenters. The van der Waals surface area contributed by atoms with Gasteiger partial charge in [0.25, 0.3) is 0 Å². The zero-order chi connectivity index (χ0) is 12.3. The van der Waals surface area contributed by atoms with E-state index in [1.54, 1.807) is 20.3 Å². The third kappa shape index (κ3) is 2.36. The molecule has 1 aromatic carbocycles. The van der Waals surface area contributed by atoms with Crippen molar-refractivity contribution in [3.63, 3.8) is 0 Å². The maximum absolute atomic E-state index is 6.06. The number of aromatic amines is 1. The normalized spacial score (nSPS) is 12.2. The Bertz CT molecular complexity index is 462. The number of methoxy groups -OCH3 is 2. The molecule has 0 spiro atoms. The van der Waals surface area contributed by atoms with E-state index in [0.29, 0.717) is 17.3 Å². The van der Waals surface area contributed by atoms with E-state index in [4.69, 9.17) is 15.2 Å². The van der Waals surface area contributed by atoms with Crippen LogP contribution >= 0.6 is 0 Å². The molecule has 2 rings (SSSR count). The lowest BCUT2D eigenvalue weighted by atomic mass is 10.1. The van der Waals surface area contributed by atoms with Crippen molar-refractivity contribution in [3.8, 4) is 11.5 Å². The van der Waals surface area contributed by atoms with E-state index in [-0.39, 0.29) is 6.04 Å². The first-order valence-corrected chi connectivity index (χ1v) is 5.08. The Morgan fingerprint density at radius 3 is 2.29 bits per heavy atom. The zero-order valence-electron chi connectivity index (χ0n) is 9.68. The van der Waals surface area contributed by atoms with Gasteiger partial charge in [-0.15, -0.1) is 0 Å². The Labute approximate surface area is 98.8 Å². The van der Waals surface area contributed by atoms with Crippen molar-refractivity contribution in [1.29, 1.82) is 0 Å². The summed E-state index contributed by atoms with van der Waals surface area (Å²) < 4.78 is 10.4. The van der Waals surface area contributed by atoms with Gasteiger partial charge in [0, 0.05) is 6.07 Å². The van der Waals surface area contributed by atoms with Crippen molar-refractivity contribution in [2.24, 2.45) is 5.73 Å². The lowest BCUT2D eigenvalue weighted by molar-refractivity contribution is 0.393. The van der Waals surface area contributed by atoms with Gasteiger partial charge in [0.1, 0.15) is 23.7 Å². The highest BCUT2D eigenvalue weighted by molar-refractivity contribution is 5.41. The van der Waals surface area contributed by atoms with Crippen molar-refractivity contribution < 1.29 is 9.47 Å². The topological polar surface area (TPSA) is 86.1 Å². The number of ether oxygens (including phenoxy) is 2. The lowest BCUT2D eigenvalue weighted by Crippen LogP contribution is -2.14. The number of benzene rings is 1. The van der Waals surface area contributed by atoms with E-state index in [1.165, 1.54) is 6.33 Å². The van der Waals surface area contributed by atoms with E-state index < -0.39 is 0 Å². The minimum atomic E-state index is -0.388. The molecule has 1 unspecified atom stereocenters. The van der Waals surface area contributed by atoms with Crippen LogP contribution in [0.1, 0.15) is 17.4 Å². The van der Waals surface area contributed by atoms with Crippen molar-refractivity contribution in [2.75, 3.05) is 14.2 Å². The van der Waals surface area contributed by atoms with Gasteiger partial charge in [-0.1, -0.05) is 0 Å². The number of hydrogen-bond acceptors (Lipinski definition) is 5. The number of H-pyrrole nitrogens is 1. The first-order chi connectivity index (χ1) is 8.24. The molecule has 1 aromatic heterocycles. The van der Waals surface area contributed by atoms with Gasteiger partial charge in [-0.05, 0) is 17.7 Å². The Balaban J connectivity index is 2.37. The van der Waals surface area contributed by atoms with Gasteiger partial charge in [-0.2, -0.15) is 5.10 Å². The van der Waals surface area contributed by atoms with Crippen LogP contribution in [-0.4, -0.2) is 29.4 Å². The fourth-order valence-corrected chi connectivity index (χ4v) is 1.53. The quantitative estimate of drug-likeness (QED) is 0.819. The van der Waals surface area contributed by atoms with E-state index in [9.17, 15) is 0 Å². The highest BCUT2D eigenvalue weighted by atomic mass is 16.5. The third-order valence-corrected chi connectivity index (χ3v) is 2.46. The second-order valence-electron chi connectivity index (χ2n) is 3.49. The van der Waals surface area contributed by atoms with E-state index in [1.807, 2.05) is 12.1 Å². The molecule has 0 amide bonds. The summed E-state index contributed by atoms with van der Waals surface area (Å²) in [6.07, 6.45) is 1.42. The Kier molecular flexibility index (Phi) is 3.24. The van der Waals surface area contributed by atoms with Crippen LogP contribution in [0.25, 0.3) is 0 Å². The Hall–Kier alpha value is -2.08. The van der Waals surface area contributed by atoms with Crippen LogP contribution in [0, 0.1) is 0 Å². The molecule has 0 aliphatic rings. The van der Waals surface area contributed by atoms with E-state index in [0.717, 1.165) is 5.56 Å². The molecule has 2 aromatic rings. The molecular weight excluding hydrogens is 220 g/mol. The number of nitrogens with zero attached hydrogens (tertiary/aromatic N) is 2. The fourth-order valence-electron chi connectivity index (χ4n) is 1.53. The van der Waals surface area contributed by atoms with Crippen LogP contribution < -0.4 is 15.2 Å². The minimum Gasteiger partial charge on any atom is -0.497 e. The maximum atomic E-state index is 6.06. The predicted octanol–water partition coefficient (Wildman–Crippen LogP) is 0.870. The molecule has 1 heterocycles. The first kappa shape index (κ1) is 11.4. The molecule has 0 saturated carbocycles. The molecule has 0 fully saturated rings. The van der Waals surface area contributed by atoms with Gasteiger partial charge in [0.05, 0.1) is 20.3 Å². The summed E-state index contributed by atoms with van der Waals surface area (Å²) >= 11 is 0. The largest absolute Gasteiger partial charge is 0.497 e. The summed E-state index contributed by atoms with van der Waals surface area (Å²) in [5.41, 5.74) is 6.91. The first-order valence-electron chi connectivity index (χ1n) is 5.08. The molecule has 17 heavy (non-hydrogen) atoms. The molecule has 0 aliphatic heterocycles. The minimum absolute atomic E-state index is 0.388. The Morgan fingerprint density at radius 2 is 1.82 bits per heavy atom. The van der Waals surface area contributed by atoms with Gasteiger partial charge in [-0.3, -0.25) is 5.10 Å². The van der Waals surface area contributed by atoms with Crippen LogP contribution in [0.4, 0.5) is 0 Å². The number of hydrogen-bond donors (Lipinski definition) is 2. The van der Waals surface area contributed by atoms with Crippen molar-refractivity contribution in [3.05, 3.63) is 35.9 Å². The SMILES string of the molecule is COc1cc(OC)cc(C(N)c2ncn[nH]2)c1. The van der Waals surface area contributed by atoms with Crippen LogP contribution in [0.2, 0.25) is 0 Å². The average Bonchev–Trinajstić information content (AvgIpc) is 2.91. The second kappa shape index (κ2) is 4.84. The van der Waals surface area contributed by atoms with E-state index in [2.05, 4.69) is 15.2 Å². The van der Waals surface area contributed by atoms with Crippen LogP contribution in [0.5, 0.6) is 11.5 Å². The molecule has 6 nitrogen and oxygen atoms in total. The number of rotatable bonds is 4. The van der Waals surface area contributed by atoms with E-state index >= 15 is 0 Å². The van der Waals surface area contributed by atoms with Gasteiger partial charge in [-0.25, -0.2) is 4.98 Å². The highest BCUT2D eigenvalue weighted by Gasteiger charge is 2.14. The Morgan fingerprint density at radius 1 is 1.18 bits per heavy atom. The van der Waals surface area contributed by atoms with Crippen LogP contribution in [0.15, 0.2) is 24.5 Å². The summed E-state index contributed by atoms with van der Waals surface area (Å²) in [4.78, 5) is 4.03. The van der Waals surface area contributed by atoms with Gasteiger partial charge < -0.3 is 15.2 Å². The number of nitrogens with two attached hydrogens (primary N) is 1. The fraction of sp³-hybridized carbons (Fsp3) is 0.273. The number of aromatic nitrogens is 3. The molecule has 0 bridgehead atoms. The summed E-state index contributed by atoms with van der Waals surface area (Å²) in [5, 5.41) is 6.52. The molecule has 90 valence electrons. The summed E-state index contributed by atoms with van der Waals surface area (Å²) in [6.45, 7) is 0.